The number of fused-ring (bicyclic) bond motifs is 1. The number of hydrogen-bond acceptors (Lipinski definition) is 6. The Morgan fingerprint density at radius 3 is 2.62 bits per heavy atom. The molecule has 29 heavy (non-hydrogen) atoms. The predicted octanol–water partition coefficient (Wildman–Crippen LogP) is 3.87. The summed E-state index contributed by atoms with van der Waals surface area (Å²) >= 11 is 0. The molecule has 1 aliphatic heterocycles. The van der Waals surface area contributed by atoms with Crippen LogP contribution in [0.25, 0.3) is 11.4 Å². The van der Waals surface area contributed by atoms with Crippen LogP contribution in [-0.2, 0) is 6.42 Å². The number of hydrogen-bond donors (Lipinski definition) is 0. The van der Waals surface area contributed by atoms with Crippen molar-refractivity contribution in [3.8, 4) is 22.9 Å². The van der Waals surface area contributed by atoms with Gasteiger partial charge >= 0.3 is 0 Å². The number of carbonyl (C=O) groups is 1. The van der Waals surface area contributed by atoms with E-state index in [4.69, 9.17) is 14.0 Å². The first-order valence-electron chi connectivity index (χ1n) is 9.61. The molecule has 0 radical (unpaired) electrons. The maximum Gasteiger partial charge on any atom is 0.254 e. The third-order valence-corrected chi connectivity index (χ3v) is 4.85. The summed E-state index contributed by atoms with van der Waals surface area (Å²) in [6, 6.07) is 13.2. The second-order valence-electron chi connectivity index (χ2n) is 7.29. The first kappa shape index (κ1) is 19.0. The van der Waals surface area contributed by atoms with E-state index < -0.39 is 0 Å². The van der Waals surface area contributed by atoms with Gasteiger partial charge in [-0.2, -0.15) is 4.98 Å². The van der Waals surface area contributed by atoms with Crippen LogP contribution < -0.4 is 9.47 Å². The molecule has 0 saturated carbocycles. The average Bonchev–Trinajstić information content (AvgIpc) is 3.37. The van der Waals surface area contributed by atoms with Crippen LogP contribution in [0, 0.1) is 6.92 Å². The summed E-state index contributed by atoms with van der Waals surface area (Å²) in [5.41, 5.74) is 2.59. The molecular formula is C22H23N3O4. The highest BCUT2D eigenvalue weighted by Crippen LogP contribution is 2.35. The van der Waals surface area contributed by atoms with Crippen molar-refractivity contribution in [2.45, 2.75) is 33.2 Å². The molecule has 1 aliphatic rings. The number of amides is 1. The van der Waals surface area contributed by atoms with Crippen LogP contribution in [-0.4, -0.2) is 40.3 Å². The van der Waals surface area contributed by atoms with E-state index >= 15 is 0 Å². The Balaban J connectivity index is 1.45. The molecule has 1 aromatic heterocycles. The summed E-state index contributed by atoms with van der Waals surface area (Å²) in [5.74, 6) is 2.35. The Kier molecular flexibility index (Phi) is 5.20. The van der Waals surface area contributed by atoms with Crippen molar-refractivity contribution >= 4 is 5.91 Å². The van der Waals surface area contributed by atoms with E-state index in [0.29, 0.717) is 41.7 Å². The van der Waals surface area contributed by atoms with Crippen LogP contribution >= 0.6 is 0 Å². The van der Waals surface area contributed by atoms with Gasteiger partial charge in [0.2, 0.25) is 18.5 Å². The van der Waals surface area contributed by atoms with E-state index in [-0.39, 0.29) is 18.7 Å². The predicted molar refractivity (Wildman–Crippen MR) is 107 cm³/mol. The molecule has 150 valence electrons. The Hall–Kier alpha value is -3.35. The maximum absolute atomic E-state index is 12.9. The first-order valence-corrected chi connectivity index (χ1v) is 9.61. The number of nitrogens with zero attached hydrogens (tertiary/aromatic N) is 3. The van der Waals surface area contributed by atoms with E-state index in [2.05, 4.69) is 10.1 Å². The van der Waals surface area contributed by atoms with Gasteiger partial charge in [-0.05, 0) is 51.1 Å². The zero-order valence-corrected chi connectivity index (χ0v) is 16.7. The summed E-state index contributed by atoms with van der Waals surface area (Å²) in [4.78, 5) is 19.2. The molecule has 2 heterocycles. The van der Waals surface area contributed by atoms with E-state index in [1.54, 1.807) is 0 Å². The summed E-state index contributed by atoms with van der Waals surface area (Å²) < 4.78 is 16.1. The van der Waals surface area contributed by atoms with Gasteiger partial charge in [0, 0.05) is 30.1 Å². The molecule has 0 saturated heterocycles. The molecule has 7 heteroatoms. The monoisotopic (exact) mass is 393 g/mol. The number of aromatic nitrogens is 2. The fraction of sp³-hybridized carbons (Fsp3) is 0.318. The van der Waals surface area contributed by atoms with Crippen molar-refractivity contribution in [2.24, 2.45) is 0 Å². The fourth-order valence-corrected chi connectivity index (χ4v) is 3.18. The minimum atomic E-state index is -0.00416. The van der Waals surface area contributed by atoms with Crippen molar-refractivity contribution in [1.82, 2.24) is 15.0 Å². The molecule has 1 amide bonds. The number of carbonyl (C=O) groups excluding carboxylic acids is 1. The molecule has 0 N–H and O–H groups in total. The maximum atomic E-state index is 12.9. The summed E-state index contributed by atoms with van der Waals surface area (Å²) in [6.45, 7) is 6.71. The molecule has 2 aromatic carbocycles. The van der Waals surface area contributed by atoms with Crippen LogP contribution in [0.3, 0.4) is 0 Å². The lowest BCUT2D eigenvalue weighted by molar-refractivity contribution is 0.0704. The molecule has 0 bridgehead atoms. The third kappa shape index (κ3) is 4.08. The number of rotatable bonds is 6. The molecule has 7 nitrogen and oxygen atoms in total. The van der Waals surface area contributed by atoms with Gasteiger partial charge in [-0.15, -0.1) is 0 Å². The van der Waals surface area contributed by atoms with E-state index in [0.717, 1.165) is 11.1 Å². The minimum absolute atomic E-state index is 0.00416. The quantitative estimate of drug-likeness (QED) is 0.633. The second kappa shape index (κ2) is 7.95. The highest BCUT2D eigenvalue weighted by molar-refractivity contribution is 5.94. The lowest BCUT2D eigenvalue weighted by atomic mass is 10.1. The normalized spacial score (nSPS) is 12.4. The van der Waals surface area contributed by atoms with Gasteiger partial charge in [0.1, 0.15) is 0 Å². The lowest BCUT2D eigenvalue weighted by Gasteiger charge is -2.26. The van der Waals surface area contributed by atoms with Crippen molar-refractivity contribution < 1.29 is 18.8 Å². The largest absolute Gasteiger partial charge is 0.454 e. The highest BCUT2D eigenvalue weighted by Gasteiger charge is 2.21. The fourth-order valence-electron chi connectivity index (χ4n) is 3.18. The van der Waals surface area contributed by atoms with Crippen molar-refractivity contribution in [3.63, 3.8) is 0 Å². The van der Waals surface area contributed by atoms with E-state index in [9.17, 15) is 4.79 Å². The minimum Gasteiger partial charge on any atom is -0.454 e. The van der Waals surface area contributed by atoms with Gasteiger partial charge in [0.05, 0.1) is 0 Å². The van der Waals surface area contributed by atoms with Crippen LogP contribution in [0.5, 0.6) is 11.5 Å². The summed E-state index contributed by atoms with van der Waals surface area (Å²) in [5, 5.41) is 4.06. The van der Waals surface area contributed by atoms with Crippen LogP contribution in [0.1, 0.15) is 35.7 Å². The van der Waals surface area contributed by atoms with E-state index in [1.807, 2.05) is 68.1 Å². The molecule has 0 atom stereocenters. The lowest BCUT2D eigenvalue weighted by Crippen LogP contribution is -2.38. The van der Waals surface area contributed by atoms with Gasteiger partial charge in [-0.3, -0.25) is 4.79 Å². The second-order valence-corrected chi connectivity index (χ2v) is 7.29. The molecular weight excluding hydrogens is 370 g/mol. The SMILES string of the molecule is Cc1ccc(C(=O)N(CCc2nc(-c3ccc4c(c3)OCO4)no2)C(C)C)cc1. The molecule has 4 rings (SSSR count). The van der Waals surface area contributed by atoms with Crippen molar-refractivity contribution in [3.05, 3.63) is 59.5 Å². The Morgan fingerprint density at radius 1 is 1.10 bits per heavy atom. The number of benzene rings is 2. The standard InChI is InChI=1S/C22H23N3O4/c1-14(2)25(22(26)16-6-4-15(3)5-7-16)11-10-20-23-21(24-29-20)17-8-9-18-19(12-17)28-13-27-18/h4-9,12,14H,10-11,13H2,1-3H3. The van der Waals surface area contributed by atoms with E-state index in [1.165, 1.54) is 0 Å². The Morgan fingerprint density at radius 2 is 1.86 bits per heavy atom. The highest BCUT2D eigenvalue weighted by atomic mass is 16.7. The van der Waals surface area contributed by atoms with Crippen LogP contribution in [0.2, 0.25) is 0 Å². The zero-order valence-electron chi connectivity index (χ0n) is 16.7. The molecule has 0 fully saturated rings. The summed E-state index contributed by atoms with van der Waals surface area (Å²) in [6.07, 6.45) is 0.479. The summed E-state index contributed by atoms with van der Waals surface area (Å²) in [7, 11) is 0. The molecule has 3 aromatic rings. The van der Waals surface area contributed by atoms with Gasteiger partial charge in [0.25, 0.3) is 5.91 Å². The van der Waals surface area contributed by atoms with Gasteiger partial charge in [-0.1, -0.05) is 22.9 Å². The molecule has 0 aliphatic carbocycles. The topological polar surface area (TPSA) is 77.7 Å². The third-order valence-electron chi connectivity index (χ3n) is 4.85. The zero-order chi connectivity index (χ0) is 20.4. The Labute approximate surface area is 169 Å². The van der Waals surface area contributed by atoms with Crippen LogP contribution in [0.15, 0.2) is 47.0 Å². The van der Waals surface area contributed by atoms with Gasteiger partial charge in [-0.25, -0.2) is 0 Å². The van der Waals surface area contributed by atoms with Gasteiger partial charge < -0.3 is 18.9 Å². The Bertz CT molecular complexity index is 1010. The van der Waals surface area contributed by atoms with Crippen molar-refractivity contribution in [2.75, 3.05) is 13.3 Å². The first-order chi connectivity index (χ1) is 14.0. The number of aryl methyl sites for hydroxylation is 1. The smallest absolute Gasteiger partial charge is 0.254 e. The molecule has 0 unspecified atom stereocenters. The van der Waals surface area contributed by atoms with Crippen molar-refractivity contribution in [1.29, 1.82) is 0 Å². The average molecular weight is 393 g/mol. The number of ether oxygens (including phenoxy) is 2. The van der Waals surface area contributed by atoms with Gasteiger partial charge in [0.15, 0.2) is 11.5 Å². The molecule has 0 spiro atoms. The van der Waals surface area contributed by atoms with Crippen LogP contribution in [0.4, 0.5) is 0 Å².